The number of rotatable bonds is 5. The number of terminal acetylenes is 1. The molecular formula is C25H24F2N4OS. The van der Waals surface area contributed by atoms with Crippen molar-refractivity contribution in [1.29, 1.82) is 0 Å². The van der Waals surface area contributed by atoms with Gasteiger partial charge in [-0.2, -0.15) is 0 Å². The summed E-state index contributed by atoms with van der Waals surface area (Å²) >= 11 is 1.15. The number of anilines is 2. The first-order valence-electron chi connectivity index (χ1n) is 10.6. The van der Waals surface area contributed by atoms with Crippen LogP contribution in [0.4, 0.5) is 19.6 Å². The van der Waals surface area contributed by atoms with Gasteiger partial charge < -0.3 is 10.2 Å². The van der Waals surface area contributed by atoms with Crippen LogP contribution in [0.1, 0.15) is 34.1 Å². The summed E-state index contributed by atoms with van der Waals surface area (Å²) in [5.41, 5.74) is 1.54. The van der Waals surface area contributed by atoms with E-state index >= 15 is 0 Å². The number of hydrogen-bond donors (Lipinski definition) is 2. The molecule has 170 valence electrons. The lowest BCUT2D eigenvalue weighted by Gasteiger charge is -2.29. The third-order valence-electron chi connectivity index (χ3n) is 5.89. The molecule has 0 aliphatic carbocycles. The third-order valence-corrected chi connectivity index (χ3v) is 6.65. The number of nitrogens with zero attached hydrogens (tertiary/aromatic N) is 2. The molecule has 1 aliphatic heterocycles. The Labute approximate surface area is 195 Å². The number of aryl methyl sites for hydroxylation is 1. The number of benzene rings is 2. The van der Waals surface area contributed by atoms with Gasteiger partial charge in [0.2, 0.25) is 0 Å². The van der Waals surface area contributed by atoms with E-state index in [1.54, 1.807) is 5.38 Å². The molecule has 1 atom stereocenters. The van der Waals surface area contributed by atoms with Gasteiger partial charge in [0.25, 0.3) is 5.91 Å². The number of thiazole rings is 1. The van der Waals surface area contributed by atoms with Crippen LogP contribution in [0.3, 0.4) is 0 Å². The van der Waals surface area contributed by atoms with Gasteiger partial charge in [0, 0.05) is 37.2 Å². The van der Waals surface area contributed by atoms with Crippen molar-refractivity contribution >= 4 is 28.1 Å². The first-order valence-corrected chi connectivity index (χ1v) is 11.5. The van der Waals surface area contributed by atoms with Crippen LogP contribution in [0.25, 0.3) is 0 Å². The van der Waals surface area contributed by atoms with E-state index in [-0.39, 0.29) is 5.13 Å². The number of nitrogens with one attached hydrogen (secondary N) is 2. The van der Waals surface area contributed by atoms with E-state index in [1.165, 1.54) is 12.1 Å². The summed E-state index contributed by atoms with van der Waals surface area (Å²) in [6, 6.07) is 10.2. The van der Waals surface area contributed by atoms with E-state index in [0.29, 0.717) is 24.5 Å². The summed E-state index contributed by atoms with van der Waals surface area (Å²) in [6.45, 7) is 6.60. The van der Waals surface area contributed by atoms with Gasteiger partial charge in [0.15, 0.2) is 5.13 Å². The predicted molar refractivity (Wildman–Crippen MR) is 128 cm³/mol. The third kappa shape index (κ3) is 4.61. The molecule has 1 aromatic heterocycles. The standard InChI is InChI=1S/C25H24F2N4OS/c1-4-25(3,17-7-5-16(2)6-8-17)21-15-33-24(29-21)30-23(32)22-19(26)13-18(14-20(22)27)31-11-9-28-10-12-31/h1,5-8,13-15,28H,9-12H2,2-3H3,(H,29,30,32). The number of carbonyl (C=O) groups is 1. The van der Waals surface area contributed by atoms with Crippen molar-refractivity contribution < 1.29 is 13.6 Å². The molecule has 2 N–H and O–H groups in total. The highest BCUT2D eigenvalue weighted by Gasteiger charge is 2.30. The van der Waals surface area contributed by atoms with Gasteiger partial charge in [-0.3, -0.25) is 10.1 Å². The molecule has 1 fully saturated rings. The Kier molecular flexibility index (Phi) is 6.45. The maximum absolute atomic E-state index is 14.7. The van der Waals surface area contributed by atoms with E-state index in [0.717, 1.165) is 35.6 Å². The average Bonchev–Trinajstić information content (AvgIpc) is 3.28. The molecule has 2 heterocycles. The van der Waals surface area contributed by atoms with Gasteiger partial charge in [-0.15, -0.1) is 17.8 Å². The van der Waals surface area contributed by atoms with E-state index in [4.69, 9.17) is 6.42 Å². The molecule has 0 spiro atoms. The number of hydrogen-bond acceptors (Lipinski definition) is 5. The highest BCUT2D eigenvalue weighted by molar-refractivity contribution is 7.14. The van der Waals surface area contributed by atoms with E-state index < -0.39 is 28.5 Å². The highest BCUT2D eigenvalue weighted by atomic mass is 32.1. The molecule has 0 radical (unpaired) electrons. The zero-order valence-electron chi connectivity index (χ0n) is 18.4. The average molecular weight is 467 g/mol. The minimum atomic E-state index is -0.911. The van der Waals surface area contributed by atoms with Gasteiger partial charge >= 0.3 is 0 Å². The summed E-state index contributed by atoms with van der Waals surface area (Å²) in [6.07, 6.45) is 5.85. The molecule has 4 rings (SSSR count). The molecule has 0 saturated carbocycles. The molecule has 3 aromatic rings. The molecule has 1 amide bonds. The Morgan fingerprint density at radius 3 is 2.45 bits per heavy atom. The molecule has 1 unspecified atom stereocenters. The quantitative estimate of drug-likeness (QED) is 0.550. The zero-order valence-corrected chi connectivity index (χ0v) is 19.2. The number of aromatic nitrogens is 1. The molecule has 8 heteroatoms. The Bertz CT molecular complexity index is 1190. The zero-order chi connectivity index (χ0) is 23.6. The summed E-state index contributed by atoms with van der Waals surface area (Å²) in [4.78, 5) is 19.0. The first-order chi connectivity index (χ1) is 15.8. The van der Waals surface area contributed by atoms with Crippen LogP contribution in [0.2, 0.25) is 0 Å². The maximum Gasteiger partial charge on any atom is 0.263 e. The monoisotopic (exact) mass is 466 g/mol. The second-order valence-electron chi connectivity index (χ2n) is 8.15. The Morgan fingerprint density at radius 1 is 1.21 bits per heavy atom. The number of amides is 1. The van der Waals surface area contributed by atoms with Crippen molar-refractivity contribution in [3.63, 3.8) is 0 Å². The van der Waals surface area contributed by atoms with Crippen molar-refractivity contribution in [3.05, 3.63) is 75.8 Å². The summed E-state index contributed by atoms with van der Waals surface area (Å²) < 4.78 is 29.5. The summed E-state index contributed by atoms with van der Waals surface area (Å²) in [5.74, 6) is 0.0714. The Morgan fingerprint density at radius 2 is 1.85 bits per heavy atom. The molecule has 1 aliphatic rings. The lowest BCUT2D eigenvalue weighted by Crippen LogP contribution is -2.43. The van der Waals surface area contributed by atoms with Crippen LogP contribution in [-0.2, 0) is 5.41 Å². The number of piperazine rings is 1. The lowest BCUT2D eigenvalue weighted by atomic mass is 9.80. The van der Waals surface area contributed by atoms with E-state index in [1.807, 2.05) is 43.0 Å². The Balaban J connectivity index is 1.55. The SMILES string of the molecule is C#CC(C)(c1ccc(C)cc1)c1csc(NC(=O)c2c(F)cc(N3CCNCC3)cc2F)n1. The van der Waals surface area contributed by atoms with Crippen LogP contribution < -0.4 is 15.5 Å². The largest absolute Gasteiger partial charge is 0.369 e. The highest BCUT2D eigenvalue weighted by Crippen LogP contribution is 2.34. The smallest absolute Gasteiger partial charge is 0.263 e. The Hall–Kier alpha value is -3.28. The van der Waals surface area contributed by atoms with Gasteiger partial charge in [0.1, 0.15) is 17.2 Å². The minimum Gasteiger partial charge on any atom is -0.369 e. The van der Waals surface area contributed by atoms with Crippen LogP contribution in [0.15, 0.2) is 41.8 Å². The molecule has 0 bridgehead atoms. The van der Waals surface area contributed by atoms with Crippen molar-refractivity contribution in [2.45, 2.75) is 19.3 Å². The van der Waals surface area contributed by atoms with Crippen LogP contribution in [0, 0.1) is 30.9 Å². The predicted octanol–water partition coefficient (Wildman–Crippen LogP) is 4.33. The fourth-order valence-corrected chi connectivity index (χ4v) is 4.61. The van der Waals surface area contributed by atoms with Gasteiger partial charge in [-0.25, -0.2) is 13.8 Å². The number of carbonyl (C=O) groups excluding carboxylic acids is 1. The van der Waals surface area contributed by atoms with Crippen LogP contribution >= 0.6 is 11.3 Å². The van der Waals surface area contributed by atoms with Crippen molar-refractivity contribution in [1.82, 2.24) is 10.3 Å². The lowest BCUT2D eigenvalue weighted by molar-refractivity contribution is 0.101. The van der Waals surface area contributed by atoms with E-state index in [2.05, 4.69) is 21.5 Å². The minimum absolute atomic E-state index is 0.216. The second-order valence-corrected chi connectivity index (χ2v) is 9.01. The van der Waals surface area contributed by atoms with Crippen molar-refractivity contribution in [3.8, 4) is 12.3 Å². The fraction of sp³-hybridized carbons (Fsp3) is 0.280. The van der Waals surface area contributed by atoms with Crippen LogP contribution in [0.5, 0.6) is 0 Å². The molecule has 1 saturated heterocycles. The van der Waals surface area contributed by atoms with Crippen molar-refractivity contribution in [2.24, 2.45) is 0 Å². The van der Waals surface area contributed by atoms with Crippen molar-refractivity contribution in [2.75, 3.05) is 36.4 Å². The summed E-state index contributed by atoms with van der Waals surface area (Å²) in [5, 5.41) is 7.66. The molecule has 5 nitrogen and oxygen atoms in total. The number of halogens is 2. The van der Waals surface area contributed by atoms with Gasteiger partial charge in [-0.05, 0) is 31.5 Å². The van der Waals surface area contributed by atoms with Gasteiger partial charge in [0.05, 0.1) is 11.1 Å². The second kappa shape index (κ2) is 9.30. The summed E-state index contributed by atoms with van der Waals surface area (Å²) in [7, 11) is 0. The maximum atomic E-state index is 14.7. The molecule has 2 aromatic carbocycles. The first kappa shape index (κ1) is 22.9. The van der Waals surface area contributed by atoms with Gasteiger partial charge in [-0.1, -0.05) is 35.7 Å². The fourth-order valence-electron chi connectivity index (χ4n) is 3.79. The van der Waals surface area contributed by atoms with E-state index in [9.17, 15) is 13.6 Å². The molecular weight excluding hydrogens is 442 g/mol. The molecule has 33 heavy (non-hydrogen) atoms. The normalized spacial score (nSPS) is 15.5. The topological polar surface area (TPSA) is 57.3 Å². The van der Waals surface area contributed by atoms with Crippen LogP contribution in [-0.4, -0.2) is 37.1 Å².